The van der Waals surface area contributed by atoms with E-state index in [4.69, 9.17) is 23.2 Å². The third kappa shape index (κ3) is 5.64. The number of amides is 3. The summed E-state index contributed by atoms with van der Waals surface area (Å²) in [7, 11) is 0. The van der Waals surface area contributed by atoms with Crippen LogP contribution >= 0.6 is 23.2 Å². The first-order valence-corrected chi connectivity index (χ1v) is 13.4. The maximum Gasteiger partial charge on any atom is 0.283 e. The monoisotopic (exact) mass is 569 g/mol. The van der Waals surface area contributed by atoms with Crippen LogP contribution in [0, 0.1) is 6.92 Å². The van der Waals surface area contributed by atoms with Gasteiger partial charge in [0.25, 0.3) is 17.7 Å². The van der Waals surface area contributed by atoms with Crippen molar-refractivity contribution in [1.29, 1.82) is 0 Å². The maximum atomic E-state index is 13.7. The second kappa shape index (κ2) is 11.8. The summed E-state index contributed by atoms with van der Waals surface area (Å²) in [6, 6.07) is 31.3. The Kier molecular flexibility index (Phi) is 8.01. The number of carbonyl (C=O) groups excluding carboxylic acids is 3. The van der Waals surface area contributed by atoms with Crippen molar-refractivity contribution in [3.8, 4) is 0 Å². The number of benzene rings is 4. The average molecular weight is 570 g/mol. The summed E-state index contributed by atoms with van der Waals surface area (Å²) in [4.78, 5) is 42.8. The Bertz CT molecular complexity index is 1580. The molecule has 40 heavy (non-hydrogen) atoms. The van der Waals surface area contributed by atoms with Crippen LogP contribution < -0.4 is 10.2 Å². The third-order valence-electron chi connectivity index (χ3n) is 6.61. The van der Waals surface area contributed by atoms with E-state index in [1.807, 2.05) is 60.7 Å². The molecule has 0 aliphatic carbocycles. The largest absolute Gasteiger partial charge is 0.350 e. The van der Waals surface area contributed by atoms with Gasteiger partial charge in [-0.3, -0.25) is 14.4 Å². The Balaban J connectivity index is 1.40. The predicted octanol–water partition coefficient (Wildman–Crippen LogP) is 6.93. The Hall–Kier alpha value is -4.39. The zero-order chi connectivity index (χ0) is 28.2. The zero-order valence-electron chi connectivity index (χ0n) is 21.6. The van der Waals surface area contributed by atoms with Gasteiger partial charge in [-0.1, -0.05) is 96.0 Å². The van der Waals surface area contributed by atoms with Crippen molar-refractivity contribution in [2.24, 2.45) is 0 Å². The number of carbonyl (C=O) groups is 3. The zero-order valence-corrected chi connectivity index (χ0v) is 23.1. The number of hydrogen-bond acceptors (Lipinski definition) is 4. The minimum atomic E-state index is -0.649. The molecule has 1 heterocycles. The molecule has 200 valence electrons. The SMILES string of the molecule is Cc1c(Cl)cccc1N1C(=O)C(Cl)=C(Nc2cccc(C(=O)N(Cc3ccccc3)Cc3ccccc3)c2)C1=O. The highest BCUT2D eigenvalue weighted by atomic mass is 35.5. The van der Waals surface area contributed by atoms with Crippen LogP contribution in [0.1, 0.15) is 27.0 Å². The molecule has 0 radical (unpaired) electrons. The fraction of sp³-hybridized carbons (Fsp3) is 0.0938. The molecule has 5 rings (SSSR count). The molecular weight excluding hydrogens is 545 g/mol. The molecule has 4 aromatic rings. The fourth-order valence-electron chi connectivity index (χ4n) is 4.53. The lowest BCUT2D eigenvalue weighted by Crippen LogP contribution is -2.33. The van der Waals surface area contributed by atoms with Gasteiger partial charge in [-0.2, -0.15) is 0 Å². The Morgan fingerprint density at radius 3 is 2.00 bits per heavy atom. The van der Waals surface area contributed by atoms with Crippen LogP contribution in [-0.2, 0) is 22.7 Å². The fourth-order valence-corrected chi connectivity index (χ4v) is 4.91. The maximum absolute atomic E-state index is 13.7. The number of nitrogens with zero attached hydrogens (tertiary/aromatic N) is 2. The van der Waals surface area contributed by atoms with E-state index in [9.17, 15) is 14.4 Å². The number of anilines is 2. The van der Waals surface area contributed by atoms with Crippen molar-refractivity contribution >= 4 is 52.3 Å². The minimum absolute atomic E-state index is 0.0685. The molecular formula is C32H25Cl2N3O3. The molecule has 0 bridgehead atoms. The van der Waals surface area contributed by atoms with Crippen molar-refractivity contribution in [2.75, 3.05) is 10.2 Å². The van der Waals surface area contributed by atoms with E-state index < -0.39 is 11.8 Å². The molecule has 8 heteroatoms. The first kappa shape index (κ1) is 27.2. The highest BCUT2D eigenvalue weighted by molar-refractivity contribution is 6.53. The van der Waals surface area contributed by atoms with Gasteiger partial charge in [-0.15, -0.1) is 0 Å². The van der Waals surface area contributed by atoms with E-state index in [0.717, 1.165) is 16.0 Å². The molecule has 3 amide bonds. The van der Waals surface area contributed by atoms with Gasteiger partial charge in [0, 0.05) is 29.4 Å². The van der Waals surface area contributed by atoms with Gasteiger partial charge in [0.15, 0.2) is 0 Å². The topological polar surface area (TPSA) is 69.7 Å². The highest BCUT2D eigenvalue weighted by Gasteiger charge is 2.39. The van der Waals surface area contributed by atoms with Crippen molar-refractivity contribution in [3.63, 3.8) is 0 Å². The van der Waals surface area contributed by atoms with E-state index in [0.29, 0.717) is 40.6 Å². The molecule has 1 aliphatic heterocycles. The summed E-state index contributed by atoms with van der Waals surface area (Å²) in [6.45, 7) is 2.57. The van der Waals surface area contributed by atoms with E-state index >= 15 is 0 Å². The summed E-state index contributed by atoms with van der Waals surface area (Å²) in [5.41, 5.74) is 3.76. The molecule has 6 nitrogen and oxygen atoms in total. The smallest absolute Gasteiger partial charge is 0.283 e. The molecule has 0 aromatic heterocycles. The van der Waals surface area contributed by atoms with Crippen molar-refractivity contribution < 1.29 is 14.4 Å². The molecule has 0 saturated carbocycles. The molecule has 1 N–H and O–H groups in total. The number of halogens is 2. The third-order valence-corrected chi connectivity index (χ3v) is 7.37. The van der Waals surface area contributed by atoms with Gasteiger partial charge in [0.1, 0.15) is 10.7 Å². The molecule has 0 atom stereocenters. The first-order chi connectivity index (χ1) is 19.3. The number of nitrogens with one attached hydrogen (secondary N) is 1. The number of imide groups is 1. The Morgan fingerprint density at radius 1 is 0.775 bits per heavy atom. The van der Waals surface area contributed by atoms with Gasteiger partial charge >= 0.3 is 0 Å². The quantitative estimate of drug-likeness (QED) is 0.234. The van der Waals surface area contributed by atoms with Gasteiger partial charge in [-0.05, 0) is 53.9 Å². The van der Waals surface area contributed by atoms with Crippen LogP contribution in [-0.4, -0.2) is 22.6 Å². The first-order valence-electron chi connectivity index (χ1n) is 12.6. The van der Waals surface area contributed by atoms with Crippen LogP contribution in [0.4, 0.5) is 11.4 Å². The number of hydrogen-bond donors (Lipinski definition) is 1. The second-order valence-electron chi connectivity index (χ2n) is 9.36. The standard InChI is InChI=1S/C32H25Cl2N3O3/c1-21-26(33)16-9-17-27(21)37-31(39)28(34)29(32(37)40)35-25-15-8-14-24(18-25)30(38)36(19-22-10-4-2-5-11-22)20-23-12-6-3-7-13-23/h2-18,35H,19-20H2,1H3. The summed E-state index contributed by atoms with van der Waals surface area (Å²) in [5, 5.41) is 3.16. The van der Waals surface area contributed by atoms with Crippen LogP contribution in [0.15, 0.2) is 114 Å². The van der Waals surface area contributed by atoms with E-state index in [2.05, 4.69) is 5.32 Å². The van der Waals surface area contributed by atoms with E-state index in [1.54, 1.807) is 54.3 Å². The molecule has 0 saturated heterocycles. The van der Waals surface area contributed by atoms with Crippen LogP contribution in [0.2, 0.25) is 5.02 Å². The highest BCUT2D eigenvalue weighted by Crippen LogP contribution is 2.34. The molecule has 0 spiro atoms. The Labute approximate surface area is 242 Å². The summed E-state index contributed by atoms with van der Waals surface area (Å²) >= 11 is 12.6. The van der Waals surface area contributed by atoms with Gasteiger partial charge in [-0.25, -0.2) is 4.90 Å². The summed E-state index contributed by atoms with van der Waals surface area (Å²) in [5.74, 6) is -1.43. The molecule has 0 fully saturated rings. The summed E-state index contributed by atoms with van der Waals surface area (Å²) < 4.78 is 0. The lowest BCUT2D eigenvalue weighted by molar-refractivity contribution is -0.120. The van der Waals surface area contributed by atoms with Gasteiger partial charge in [0.2, 0.25) is 0 Å². The van der Waals surface area contributed by atoms with E-state index in [-0.39, 0.29) is 16.6 Å². The average Bonchev–Trinajstić information content (AvgIpc) is 3.18. The van der Waals surface area contributed by atoms with Crippen LogP contribution in [0.3, 0.4) is 0 Å². The minimum Gasteiger partial charge on any atom is -0.350 e. The lowest BCUT2D eigenvalue weighted by Gasteiger charge is -2.23. The van der Waals surface area contributed by atoms with Crippen molar-refractivity contribution in [1.82, 2.24) is 4.90 Å². The van der Waals surface area contributed by atoms with Crippen LogP contribution in [0.25, 0.3) is 0 Å². The van der Waals surface area contributed by atoms with E-state index in [1.165, 1.54) is 0 Å². The summed E-state index contributed by atoms with van der Waals surface area (Å²) in [6.07, 6.45) is 0. The molecule has 0 unspecified atom stereocenters. The van der Waals surface area contributed by atoms with Gasteiger partial charge < -0.3 is 10.2 Å². The predicted molar refractivity (Wildman–Crippen MR) is 158 cm³/mol. The van der Waals surface area contributed by atoms with Gasteiger partial charge in [0.05, 0.1) is 5.69 Å². The molecule has 4 aromatic carbocycles. The van der Waals surface area contributed by atoms with Crippen LogP contribution in [0.5, 0.6) is 0 Å². The van der Waals surface area contributed by atoms with Crippen molar-refractivity contribution in [2.45, 2.75) is 20.0 Å². The Morgan fingerprint density at radius 2 is 1.38 bits per heavy atom. The normalized spacial score (nSPS) is 13.1. The van der Waals surface area contributed by atoms with Crippen molar-refractivity contribution in [3.05, 3.63) is 141 Å². The second-order valence-corrected chi connectivity index (χ2v) is 10.1. The molecule has 1 aliphatic rings. The lowest BCUT2D eigenvalue weighted by atomic mass is 10.1. The number of rotatable bonds is 8.